The molecule has 2 atom stereocenters. The SMILES string of the molecule is CC/C1=C/C/N=C(CCC2CCC2C)\C=C\C1. The van der Waals surface area contributed by atoms with Gasteiger partial charge in [0.2, 0.25) is 0 Å². The molecule has 2 unspecified atom stereocenters. The van der Waals surface area contributed by atoms with Gasteiger partial charge < -0.3 is 0 Å². The van der Waals surface area contributed by atoms with Crippen molar-refractivity contribution in [3.63, 3.8) is 0 Å². The minimum Gasteiger partial charge on any atom is -0.286 e. The van der Waals surface area contributed by atoms with E-state index >= 15 is 0 Å². The van der Waals surface area contributed by atoms with Gasteiger partial charge in [0.25, 0.3) is 0 Å². The van der Waals surface area contributed by atoms with Gasteiger partial charge >= 0.3 is 0 Å². The molecular weight excluding hydrogens is 206 g/mol. The first-order valence-electron chi connectivity index (χ1n) is 7.17. The summed E-state index contributed by atoms with van der Waals surface area (Å²) in [5, 5.41) is 0. The molecule has 0 aromatic rings. The monoisotopic (exact) mass is 231 g/mol. The first-order valence-corrected chi connectivity index (χ1v) is 7.17. The van der Waals surface area contributed by atoms with Crippen LogP contribution in [0.4, 0.5) is 0 Å². The highest BCUT2D eigenvalue weighted by Gasteiger charge is 2.26. The Morgan fingerprint density at radius 2 is 2.24 bits per heavy atom. The molecule has 0 saturated heterocycles. The Hall–Kier alpha value is -0.850. The summed E-state index contributed by atoms with van der Waals surface area (Å²) in [6.07, 6.45) is 14.5. The number of rotatable bonds is 4. The van der Waals surface area contributed by atoms with Crippen LogP contribution in [0.25, 0.3) is 0 Å². The fourth-order valence-corrected chi connectivity index (χ4v) is 2.72. The van der Waals surface area contributed by atoms with Crippen LogP contribution in [0.15, 0.2) is 28.8 Å². The molecule has 1 nitrogen and oxygen atoms in total. The van der Waals surface area contributed by atoms with E-state index in [0.29, 0.717) is 0 Å². The normalized spacial score (nSPS) is 36.8. The second kappa shape index (κ2) is 6.18. The Bertz CT molecular complexity index is 335. The zero-order valence-corrected chi connectivity index (χ0v) is 11.3. The van der Waals surface area contributed by atoms with E-state index in [1.165, 1.54) is 37.0 Å². The van der Waals surface area contributed by atoms with Crippen molar-refractivity contribution in [2.24, 2.45) is 16.8 Å². The maximum atomic E-state index is 4.69. The molecule has 94 valence electrons. The van der Waals surface area contributed by atoms with Crippen LogP contribution in [0, 0.1) is 11.8 Å². The summed E-state index contributed by atoms with van der Waals surface area (Å²) in [5.41, 5.74) is 2.84. The summed E-state index contributed by atoms with van der Waals surface area (Å²) < 4.78 is 0. The summed E-state index contributed by atoms with van der Waals surface area (Å²) in [5.74, 6) is 1.93. The predicted molar refractivity (Wildman–Crippen MR) is 75.6 cm³/mol. The molecule has 1 heterocycles. The fourth-order valence-electron chi connectivity index (χ4n) is 2.72. The largest absolute Gasteiger partial charge is 0.286 e. The van der Waals surface area contributed by atoms with E-state index in [2.05, 4.69) is 32.1 Å². The van der Waals surface area contributed by atoms with Crippen molar-refractivity contribution >= 4 is 5.71 Å². The maximum absolute atomic E-state index is 4.69. The van der Waals surface area contributed by atoms with Gasteiger partial charge in [-0.3, -0.25) is 4.99 Å². The van der Waals surface area contributed by atoms with Gasteiger partial charge in [-0.15, -0.1) is 0 Å². The highest BCUT2D eigenvalue weighted by molar-refractivity contribution is 5.95. The summed E-state index contributed by atoms with van der Waals surface area (Å²) in [7, 11) is 0. The smallest absolute Gasteiger partial charge is 0.0576 e. The second-order valence-corrected chi connectivity index (χ2v) is 5.51. The highest BCUT2D eigenvalue weighted by atomic mass is 14.7. The van der Waals surface area contributed by atoms with E-state index < -0.39 is 0 Å². The molecule has 0 bridgehead atoms. The van der Waals surface area contributed by atoms with Crippen LogP contribution in [-0.2, 0) is 0 Å². The predicted octanol–water partition coefficient (Wildman–Crippen LogP) is 4.55. The number of nitrogens with zero attached hydrogens (tertiary/aromatic N) is 1. The van der Waals surface area contributed by atoms with E-state index in [0.717, 1.165) is 31.2 Å². The third kappa shape index (κ3) is 3.55. The Balaban J connectivity index is 1.82. The minimum atomic E-state index is 0.892. The lowest BCUT2D eigenvalue weighted by molar-refractivity contribution is 0.186. The molecule has 1 saturated carbocycles. The molecule has 1 aliphatic carbocycles. The average molecular weight is 231 g/mol. The molecule has 0 amide bonds. The maximum Gasteiger partial charge on any atom is 0.0576 e. The first kappa shape index (κ1) is 12.6. The summed E-state index contributed by atoms with van der Waals surface area (Å²) in [6, 6.07) is 0. The lowest BCUT2D eigenvalue weighted by Gasteiger charge is -2.33. The van der Waals surface area contributed by atoms with E-state index in [1.807, 2.05) is 0 Å². The Kier molecular flexibility index (Phi) is 4.58. The van der Waals surface area contributed by atoms with Crippen LogP contribution in [-0.4, -0.2) is 12.3 Å². The first-order chi connectivity index (χ1) is 8.29. The summed E-state index contributed by atoms with van der Waals surface area (Å²) in [4.78, 5) is 4.69. The number of allylic oxidation sites excluding steroid dienone is 3. The van der Waals surface area contributed by atoms with Gasteiger partial charge in [-0.05, 0) is 50.0 Å². The quantitative estimate of drug-likeness (QED) is 0.629. The van der Waals surface area contributed by atoms with Crippen molar-refractivity contribution in [1.82, 2.24) is 0 Å². The van der Waals surface area contributed by atoms with Crippen molar-refractivity contribution in [3.05, 3.63) is 23.8 Å². The van der Waals surface area contributed by atoms with Crippen LogP contribution in [0.3, 0.4) is 0 Å². The van der Waals surface area contributed by atoms with Gasteiger partial charge in [-0.25, -0.2) is 0 Å². The van der Waals surface area contributed by atoms with E-state index in [9.17, 15) is 0 Å². The molecule has 17 heavy (non-hydrogen) atoms. The number of hydrogen-bond donors (Lipinski definition) is 0. The molecule has 0 aromatic heterocycles. The van der Waals surface area contributed by atoms with E-state index in [-0.39, 0.29) is 0 Å². The van der Waals surface area contributed by atoms with Crippen molar-refractivity contribution in [2.75, 3.05) is 6.54 Å². The molecule has 1 fully saturated rings. The van der Waals surface area contributed by atoms with Gasteiger partial charge in [-0.2, -0.15) is 0 Å². The second-order valence-electron chi connectivity index (χ2n) is 5.51. The zero-order chi connectivity index (χ0) is 12.1. The van der Waals surface area contributed by atoms with Gasteiger partial charge in [-0.1, -0.05) is 38.0 Å². The van der Waals surface area contributed by atoms with Crippen LogP contribution in [0.1, 0.15) is 52.4 Å². The van der Waals surface area contributed by atoms with Crippen molar-refractivity contribution in [1.29, 1.82) is 0 Å². The van der Waals surface area contributed by atoms with Crippen LogP contribution in [0.5, 0.6) is 0 Å². The molecule has 0 radical (unpaired) electrons. The zero-order valence-electron chi connectivity index (χ0n) is 11.3. The summed E-state index contributed by atoms with van der Waals surface area (Å²) in [6.45, 7) is 5.51. The molecular formula is C16H25N. The van der Waals surface area contributed by atoms with Crippen molar-refractivity contribution < 1.29 is 0 Å². The van der Waals surface area contributed by atoms with Crippen LogP contribution < -0.4 is 0 Å². The molecule has 2 aliphatic rings. The Morgan fingerprint density at radius 3 is 2.88 bits per heavy atom. The lowest BCUT2D eigenvalue weighted by Crippen LogP contribution is -2.23. The minimum absolute atomic E-state index is 0.892. The molecule has 0 N–H and O–H groups in total. The van der Waals surface area contributed by atoms with E-state index in [4.69, 9.17) is 4.99 Å². The highest BCUT2D eigenvalue weighted by Crippen LogP contribution is 2.37. The number of hydrogen-bond acceptors (Lipinski definition) is 1. The number of aliphatic imine (C=N–C) groups is 1. The molecule has 1 aliphatic heterocycles. The van der Waals surface area contributed by atoms with Gasteiger partial charge in [0.1, 0.15) is 0 Å². The average Bonchev–Trinajstić information content (AvgIpc) is 2.30. The third-order valence-corrected chi connectivity index (χ3v) is 4.39. The van der Waals surface area contributed by atoms with Crippen molar-refractivity contribution in [2.45, 2.75) is 52.4 Å². The van der Waals surface area contributed by atoms with Crippen LogP contribution in [0.2, 0.25) is 0 Å². The van der Waals surface area contributed by atoms with Gasteiger partial charge in [0, 0.05) is 5.71 Å². The Labute approximate surface area is 106 Å². The molecule has 0 spiro atoms. The van der Waals surface area contributed by atoms with Gasteiger partial charge in [0.15, 0.2) is 0 Å². The Morgan fingerprint density at radius 1 is 1.35 bits per heavy atom. The van der Waals surface area contributed by atoms with Gasteiger partial charge in [0.05, 0.1) is 6.54 Å². The lowest BCUT2D eigenvalue weighted by atomic mass is 9.72. The third-order valence-electron chi connectivity index (χ3n) is 4.39. The van der Waals surface area contributed by atoms with Crippen molar-refractivity contribution in [3.8, 4) is 0 Å². The fraction of sp³-hybridized carbons (Fsp3) is 0.688. The standard InChI is InChI=1S/C16H25N/c1-3-14-5-4-6-16(17-12-11-14)10-9-15-8-7-13(15)2/h4,6,11,13,15H,3,5,7-10,12H2,1-2H3/b6-4+,14-11-,17-16+. The molecule has 1 heteroatoms. The summed E-state index contributed by atoms with van der Waals surface area (Å²) >= 11 is 0. The molecule has 0 aromatic carbocycles. The topological polar surface area (TPSA) is 12.4 Å². The van der Waals surface area contributed by atoms with Crippen LogP contribution >= 0.6 is 0 Å². The van der Waals surface area contributed by atoms with E-state index in [1.54, 1.807) is 0 Å². The molecule has 2 rings (SSSR count).